The van der Waals surface area contributed by atoms with Crippen LogP contribution in [0.15, 0.2) is 37.7 Å². The normalized spacial score (nSPS) is 10.5. The highest BCUT2D eigenvalue weighted by Gasteiger charge is 2.22. The van der Waals surface area contributed by atoms with Crippen molar-refractivity contribution < 1.29 is 19.9 Å². The Balaban J connectivity index is 2.81. The summed E-state index contributed by atoms with van der Waals surface area (Å²) >= 11 is 9.68. The molecule has 0 bridgehead atoms. The second kappa shape index (κ2) is 6.35. The molecule has 0 atom stereocenters. The van der Waals surface area contributed by atoms with E-state index in [0.29, 0.717) is 14.5 Å². The number of nitro groups is 1. The molecule has 0 heterocycles. The van der Waals surface area contributed by atoms with Gasteiger partial charge in [-0.15, -0.1) is 0 Å². The monoisotopic (exact) mass is 493 g/mol. The van der Waals surface area contributed by atoms with Crippen LogP contribution >= 0.6 is 47.8 Å². The van der Waals surface area contributed by atoms with Crippen LogP contribution in [0.3, 0.4) is 0 Å². The topological polar surface area (TPSA) is 101 Å². The van der Waals surface area contributed by atoms with Crippen molar-refractivity contribution in [2.45, 2.75) is 0 Å². The lowest BCUT2D eigenvalue weighted by molar-refractivity contribution is -0.384. The van der Waals surface area contributed by atoms with Gasteiger partial charge in [-0.2, -0.15) is 0 Å². The molecular formula is C13H6Br3NO5. The van der Waals surface area contributed by atoms with Gasteiger partial charge in [-0.3, -0.25) is 10.1 Å². The van der Waals surface area contributed by atoms with E-state index >= 15 is 0 Å². The summed E-state index contributed by atoms with van der Waals surface area (Å²) < 4.78 is 1.19. The molecule has 0 aromatic heterocycles. The van der Waals surface area contributed by atoms with Crippen molar-refractivity contribution in [3.05, 3.63) is 53.4 Å². The number of carboxylic acid groups (broad SMARTS) is 1. The van der Waals surface area contributed by atoms with E-state index in [0.717, 1.165) is 6.07 Å². The van der Waals surface area contributed by atoms with Crippen LogP contribution in [0.1, 0.15) is 10.4 Å². The Morgan fingerprint density at radius 2 is 1.77 bits per heavy atom. The minimum Gasteiger partial charge on any atom is -0.506 e. The first-order valence-corrected chi connectivity index (χ1v) is 8.00. The van der Waals surface area contributed by atoms with Gasteiger partial charge >= 0.3 is 5.97 Å². The summed E-state index contributed by atoms with van der Waals surface area (Å²) in [6.07, 6.45) is 0. The van der Waals surface area contributed by atoms with E-state index in [1.54, 1.807) is 6.07 Å². The van der Waals surface area contributed by atoms with Gasteiger partial charge in [0.05, 0.1) is 19.4 Å². The summed E-state index contributed by atoms with van der Waals surface area (Å²) in [6.45, 7) is 0. The Morgan fingerprint density at radius 3 is 2.32 bits per heavy atom. The highest BCUT2D eigenvalue weighted by molar-refractivity contribution is 9.11. The van der Waals surface area contributed by atoms with E-state index in [1.807, 2.05) is 0 Å². The summed E-state index contributed by atoms with van der Waals surface area (Å²) in [4.78, 5) is 21.6. The van der Waals surface area contributed by atoms with Crippen molar-refractivity contribution >= 4 is 59.4 Å². The van der Waals surface area contributed by atoms with Crippen LogP contribution < -0.4 is 0 Å². The molecule has 9 heteroatoms. The minimum atomic E-state index is -1.31. The number of nitro benzene ring substituents is 1. The molecule has 2 aromatic rings. The predicted octanol–water partition coefficient (Wildman–Crippen LogP) is 4.95. The molecule has 22 heavy (non-hydrogen) atoms. The van der Waals surface area contributed by atoms with E-state index < -0.39 is 10.9 Å². The third-order valence-corrected chi connectivity index (χ3v) is 4.86. The summed E-state index contributed by atoms with van der Waals surface area (Å²) in [5, 5.41) is 30.1. The number of halogens is 3. The molecule has 0 saturated heterocycles. The highest BCUT2D eigenvalue weighted by Crippen LogP contribution is 2.45. The zero-order valence-corrected chi connectivity index (χ0v) is 15.3. The molecule has 0 aliphatic heterocycles. The molecule has 0 spiro atoms. The van der Waals surface area contributed by atoms with Crippen molar-refractivity contribution in [3.63, 3.8) is 0 Å². The number of aromatic carboxylic acids is 1. The number of nitrogens with zero attached hydrogens (tertiary/aromatic N) is 1. The van der Waals surface area contributed by atoms with Crippen LogP contribution in [0.5, 0.6) is 5.75 Å². The van der Waals surface area contributed by atoms with Crippen molar-refractivity contribution in [3.8, 4) is 16.9 Å². The number of hydrogen-bond acceptors (Lipinski definition) is 4. The van der Waals surface area contributed by atoms with E-state index in [9.17, 15) is 25.1 Å². The molecule has 0 saturated carbocycles. The number of carboxylic acids is 1. The van der Waals surface area contributed by atoms with Gasteiger partial charge in [0.1, 0.15) is 5.75 Å². The molecule has 0 aliphatic carbocycles. The summed E-state index contributed by atoms with van der Waals surface area (Å²) in [6, 6.07) is 5.08. The number of aromatic hydroxyl groups is 1. The van der Waals surface area contributed by atoms with Crippen molar-refractivity contribution in [2.75, 3.05) is 0 Å². The lowest BCUT2D eigenvalue weighted by atomic mass is 9.99. The maximum atomic E-state index is 11.4. The van der Waals surface area contributed by atoms with Gasteiger partial charge in [-0.1, -0.05) is 15.9 Å². The molecule has 0 fully saturated rings. The summed E-state index contributed by atoms with van der Waals surface area (Å²) in [5.74, 6) is -1.41. The number of phenolic OH excluding ortho intramolecular Hbond substituents is 1. The van der Waals surface area contributed by atoms with Crippen LogP contribution in [0.4, 0.5) is 5.69 Å². The zero-order valence-electron chi connectivity index (χ0n) is 10.5. The predicted molar refractivity (Wildman–Crippen MR) is 90.3 cm³/mol. The molecule has 0 unspecified atom stereocenters. The minimum absolute atomic E-state index is 0.104. The van der Waals surface area contributed by atoms with Gasteiger partial charge in [0.2, 0.25) is 0 Å². The van der Waals surface area contributed by atoms with Crippen molar-refractivity contribution in [1.82, 2.24) is 0 Å². The van der Waals surface area contributed by atoms with E-state index in [4.69, 9.17) is 0 Å². The van der Waals surface area contributed by atoms with Crippen LogP contribution in [0, 0.1) is 10.1 Å². The first-order valence-electron chi connectivity index (χ1n) is 5.62. The number of phenols is 1. The molecule has 2 N–H and O–H groups in total. The van der Waals surface area contributed by atoms with Gasteiger partial charge < -0.3 is 10.2 Å². The molecule has 2 aromatic carbocycles. The average Bonchev–Trinajstić information content (AvgIpc) is 2.44. The van der Waals surface area contributed by atoms with E-state index in [1.165, 1.54) is 12.1 Å². The largest absolute Gasteiger partial charge is 0.506 e. The van der Waals surface area contributed by atoms with Crippen LogP contribution in [-0.2, 0) is 0 Å². The lowest BCUT2D eigenvalue weighted by Crippen LogP contribution is -2.02. The smallest absolute Gasteiger partial charge is 0.336 e. The van der Waals surface area contributed by atoms with Crippen LogP contribution in [0.2, 0.25) is 0 Å². The fourth-order valence-electron chi connectivity index (χ4n) is 1.87. The average molecular weight is 496 g/mol. The van der Waals surface area contributed by atoms with Gasteiger partial charge in [0.15, 0.2) is 0 Å². The maximum absolute atomic E-state index is 11.4. The van der Waals surface area contributed by atoms with Crippen LogP contribution in [-0.4, -0.2) is 21.1 Å². The first kappa shape index (κ1) is 16.9. The maximum Gasteiger partial charge on any atom is 0.336 e. The molecule has 2 rings (SSSR count). The number of benzene rings is 2. The fourth-order valence-corrected chi connectivity index (χ4v) is 4.42. The Kier molecular flexibility index (Phi) is 4.88. The van der Waals surface area contributed by atoms with E-state index in [2.05, 4.69) is 47.8 Å². The fraction of sp³-hybridized carbons (Fsp3) is 0. The molecule has 0 amide bonds. The van der Waals surface area contributed by atoms with Gasteiger partial charge in [-0.05, 0) is 49.6 Å². The van der Waals surface area contributed by atoms with Gasteiger partial charge in [0, 0.05) is 22.2 Å². The second-order valence-corrected chi connectivity index (χ2v) is 6.67. The van der Waals surface area contributed by atoms with Gasteiger partial charge in [0.25, 0.3) is 5.69 Å². The number of hydrogen-bond donors (Lipinski definition) is 2. The molecule has 0 aliphatic rings. The zero-order chi connectivity index (χ0) is 16.6. The lowest BCUT2D eigenvalue weighted by Gasteiger charge is -2.13. The third-order valence-electron chi connectivity index (χ3n) is 2.86. The molecule has 114 valence electrons. The summed E-state index contributed by atoms with van der Waals surface area (Å²) in [5.41, 5.74) is 0.0553. The Morgan fingerprint density at radius 1 is 1.14 bits per heavy atom. The first-order chi connectivity index (χ1) is 10.2. The molecule has 0 radical (unpaired) electrons. The molecular weight excluding hydrogens is 490 g/mol. The number of carbonyl (C=O) groups is 1. The van der Waals surface area contributed by atoms with Crippen molar-refractivity contribution in [1.29, 1.82) is 0 Å². The SMILES string of the molecule is O=C(O)c1cc([N+](=O)[O-])ccc1-c1c(Br)cc(Br)c(O)c1Br. The van der Waals surface area contributed by atoms with E-state index in [-0.39, 0.29) is 27.0 Å². The Labute approximate surface area is 149 Å². The number of rotatable bonds is 3. The quantitative estimate of drug-likeness (QED) is 0.463. The van der Waals surface area contributed by atoms with Crippen molar-refractivity contribution in [2.24, 2.45) is 0 Å². The highest BCUT2D eigenvalue weighted by atomic mass is 79.9. The van der Waals surface area contributed by atoms with Gasteiger partial charge in [-0.25, -0.2) is 4.79 Å². The number of non-ortho nitro benzene ring substituents is 1. The van der Waals surface area contributed by atoms with Crippen LogP contribution in [0.25, 0.3) is 11.1 Å². The second-order valence-electron chi connectivity index (χ2n) is 4.17. The summed E-state index contributed by atoms with van der Waals surface area (Å²) in [7, 11) is 0. The Bertz CT molecular complexity index is 807. The Hall–Kier alpha value is -1.45. The standard InChI is InChI=1S/C13H6Br3NO5/c14-8-4-9(15)12(18)11(16)10(8)6-2-1-5(17(21)22)3-7(6)13(19)20/h1-4,18H,(H,19,20). The third kappa shape index (κ3) is 3.01. The molecule has 6 nitrogen and oxygen atoms in total.